The average Bonchev–Trinajstić information content (AvgIpc) is 2.46. The fourth-order valence-electron chi connectivity index (χ4n) is 1.47. The number of nitrogens with zero attached hydrogens (tertiary/aromatic N) is 2. The van der Waals surface area contributed by atoms with E-state index >= 15 is 0 Å². The van der Waals surface area contributed by atoms with Gasteiger partial charge in [0.1, 0.15) is 5.70 Å². The normalized spacial score (nSPS) is 13.0. The largest absolute Gasteiger partial charge is 0.370 e. The Morgan fingerprint density at radius 2 is 2.10 bits per heavy atom. The summed E-state index contributed by atoms with van der Waals surface area (Å²) in [5, 5.41) is 5.49. The molecule has 0 bridgehead atoms. The third-order valence-electron chi connectivity index (χ3n) is 2.51. The number of carbonyl (C=O) groups is 1. The Morgan fingerprint density at radius 3 is 2.67 bits per heavy atom. The zero-order chi connectivity index (χ0) is 16.1. The monoisotopic (exact) mass is 296 g/mol. The first-order chi connectivity index (χ1) is 10.0. The highest BCUT2D eigenvalue weighted by atomic mass is 16.3. The van der Waals surface area contributed by atoms with Crippen molar-refractivity contribution >= 4 is 11.9 Å². The van der Waals surface area contributed by atoms with Crippen LogP contribution in [0.5, 0.6) is 0 Å². The maximum absolute atomic E-state index is 11.7. The van der Waals surface area contributed by atoms with Crippen LogP contribution in [-0.2, 0) is 4.79 Å². The van der Waals surface area contributed by atoms with Crippen molar-refractivity contribution < 1.29 is 4.79 Å². The van der Waals surface area contributed by atoms with E-state index in [4.69, 9.17) is 17.2 Å². The fourth-order valence-corrected chi connectivity index (χ4v) is 1.47. The van der Waals surface area contributed by atoms with Crippen LogP contribution in [0.3, 0.4) is 0 Å². The summed E-state index contributed by atoms with van der Waals surface area (Å²) in [6, 6.07) is -0.609. The van der Waals surface area contributed by atoms with Crippen molar-refractivity contribution in [2.75, 3.05) is 13.1 Å². The van der Waals surface area contributed by atoms with Crippen LogP contribution >= 0.6 is 0 Å². The van der Waals surface area contributed by atoms with Gasteiger partial charge in [0.05, 0.1) is 6.04 Å². The minimum absolute atomic E-state index is 0.0258. The summed E-state index contributed by atoms with van der Waals surface area (Å²) in [6.07, 6.45) is 6.73. The van der Waals surface area contributed by atoms with Crippen LogP contribution < -0.4 is 22.5 Å². The summed E-state index contributed by atoms with van der Waals surface area (Å²) in [5.41, 5.74) is 16.4. The van der Waals surface area contributed by atoms with Crippen molar-refractivity contribution in [2.45, 2.75) is 32.2 Å². The SMILES string of the molecule is CC/C=C(\C=C/CNC(=O)[C@@H](N)CCCN=C(N)N)N=O. The van der Waals surface area contributed by atoms with E-state index in [1.807, 2.05) is 6.92 Å². The maximum Gasteiger partial charge on any atom is 0.237 e. The first-order valence-corrected chi connectivity index (χ1v) is 6.80. The third kappa shape index (κ3) is 10.3. The molecule has 0 unspecified atom stereocenters. The Hall–Kier alpha value is -2.22. The number of hydrogen-bond acceptors (Lipinski definition) is 5. The summed E-state index contributed by atoms with van der Waals surface area (Å²) < 4.78 is 0. The topological polar surface area (TPSA) is 149 Å². The number of hydrogen-bond donors (Lipinski definition) is 4. The van der Waals surface area contributed by atoms with Crippen molar-refractivity contribution in [3.63, 3.8) is 0 Å². The van der Waals surface area contributed by atoms with Gasteiger partial charge in [0.15, 0.2) is 5.96 Å². The molecule has 8 nitrogen and oxygen atoms in total. The Bertz CT molecular complexity index is 413. The molecular weight excluding hydrogens is 272 g/mol. The molecule has 0 aliphatic carbocycles. The molecule has 1 amide bonds. The van der Waals surface area contributed by atoms with Crippen molar-refractivity contribution in [1.82, 2.24) is 5.32 Å². The predicted octanol–water partition coefficient (Wildman–Crippen LogP) is 0.100. The molecule has 1 atom stereocenters. The summed E-state index contributed by atoms with van der Waals surface area (Å²) in [6.45, 7) is 2.64. The standard InChI is InChI=1S/C13H24N6O2/c1-2-5-10(19-21)6-3-8-17-12(20)11(14)7-4-9-18-13(15)16/h3,5-6,11H,2,4,7-9,14H2,1H3,(H,17,20)(H4,15,16,18)/b6-3-,10-5+/t11-/m0/s1. The van der Waals surface area contributed by atoms with E-state index in [0.29, 0.717) is 25.1 Å². The second kappa shape index (κ2) is 11.6. The number of allylic oxidation sites excluding steroid dienone is 2. The predicted molar refractivity (Wildman–Crippen MR) is 84.2 cm³/mol. The van der Waals surface area contributed by atoms with Crippen molar-refractivity contribution in [2.24, 2.45) is 27.4 Å². The van der Waals surface area contributed by atoms with Crippen molar-refractivity contribution in [3.05, 3.63) is 28.8 Å². The van der Waals surface area contributed by atoms with Gasteiger partial charge in [-0.25, -0.2) is 0 Å². The van der Waals surface area contributed by atoms with Crippen LogP contribution in [-0.4, -0.2) is 31.0 Å². The van der Waals surface area contributed by atoms with Gasteiger partial charge in [-0.15, -0.1) is 4.91 Å². The number of amides is 1. The Balaban J connectivity index is 3.97. The molecule has 0 fully saturated rings. The molecule has 0 heterocycles. The van der Waals surface area contributed by atoms with Crippen molar-refractivity contribution in [1.29, 1.82) is 0 Å². The molecule has 0 saturated heterocycles. The van der Waals surface area contributed by atoms with Gasteiger partial charge in [-0.05, 0) is 30.5 Å². The van der Waals surface area contributed by atoms with Crippen LogP contribution in [0.2, 0.25) is 0 Å². The quantitative estimate of drug-likeness (QED) is 0.148. The molecular formula is C13H24N6O2. The zero-order valence-electron chi connectivity index (χ0n) is 12.3. The molecule has 0 radical (unpaired) electrons. The molecule has 7 N–H and O–H groups in total. The molecule has 8 heteroatoms. The molecule has 0 aliphatic rings. The highest BCUT2D eigenvalue weighted by Gasteiger charge is 2.11. The number of nitrogens with two attached hydrogens (primary N) is 3. The number of carbonyl (C=O) groups excluding carboxylic acids is 1. The first-order valence-electron chi connectivity index (χ1n) is 6.80. The van der Waals surface area contributed by atoms with E-state index in [0.717, 1.165) is 6.42 Å². The van der Waals surface area contributed by atoms with Gasteiger partial charge in [-0.2, -0.15) is 0 Å². The lowest BCUT2D eigenvalue weighted by molar-refractivity contribution is -0.122. The molecule has 0 aromatic carbocycles. The molecule has 118 valence electrons. The Morgan fingerprint density at radius 1 is 1.38 bits per heavy atom. The zero-order valence-corrected chi connectivity index (χ0v) is 12.3. The number of nitroso groups, excluding NO2 is 1. The lowest BCUT2D eigenvalue weighted by Gasteiger charge is -2.10. The number of aliphatic imine (C=N–C) groups is 1. The van der Waals surface area contributed by atoms with Crippen LogP contribution in [0.4, 0.5) is 0 Å². The minimum Gasteiger partial charge on any atom is -0.370 e. The van der Waals surface area contributed by atoms with Gasteiger partial charge in [0.25, 0.3) is 0 Å². The summed E-state index contributed by atoms with van der Waals surface area (Å²) >= 11 is 0. The first kappa shape index (κ1) is 18.8. The summed E-state index contributed by atoms with van der Waals surface area (Å²) in [4.78, 5) is 25.9. The summed E-state index contributed by atoms with van der Waals surface area (Å²) in [5.74, 6) is -0.234. The van der Waals surface area contributed by atoms with Crippen LogP contribution in [0.15, 0.2) is 34.1 Å². The second-order valence-corrected chi connectivity index (χ2v) is 4.33. The van der Waals surface area contributed by atoms with E-state index in [1.54, 1.807) is 18.2 Å². The van der Waals surface area contributed by atoms with E-state index < -0.39 is 6.04 Å². The Labute approximate surface area is 124 Å². The van der Waals surface area contributed by atoms with Gasteiger partial charge >= 0.3 is 0 Å². The fraction of sp³-hybridized carbons (Fsp3) is 0.538. The van der Waals surface area contributed by atoms with E-state index in [1.165, 1.54) is 0 Å². The van der Waals surface area contributed by atoms with Crippen LogP contribution in [0.1, 0.15) is 26.2 Å². The van der Waals surface area contributed by atoms with Gasteiger partial charge < -0.3 is 22.5 Å². The molecule has 0 aliphatic heterocycles. The highest BCUT2D eigenvalue weighted by molar-refractivity contribution is 5.81. The molecule has 0 aromatic heterocycles. The van der Waals surface area contributed by atoms with Crippen molar-refractivity contribution in [3.8, 4) is 0 Å². The van der Waals surface area contributed by atoms with Gasteiger partial charge in [0, 0.05) is 13.1 Å². The number of rotatable bonds is 10. The van der Waals surface area contributed by atoms with Gasteiger partial charge in [-0.1, -0.05) is 19.1 Å². The molecule has 0 saturated carbocycles. The molecule has 0 rings (SSSR count). The maximum atomic E-state index is 11.7. The number of nitrogens with one attached hydrogen (secondary N) is 1. The van der Waals surface area contributed by atoms with E-state index in [-0.39, 0.29) is 18.4 Å². The van der Waals surface area contributed by atoms with E-state index in [9.17, 15) is 9.70 Å². The number of guanidine groups is 1. The molecule has 0 aromatic rings. The lowest BCUT2D eigenvalue weighted by atomic mass is 10.1. The minimum atomic E-state index is -0.609. The smallest absolute Gasteiger partial charge is 0.237 e. The Kier molecular flexibility index (Phi) is 10.4. The second-order valence-electron chi connectivity index (χ2n) is 4.33. The molecule has 21 heavy (non-hydrogen) atoms. The highest BCUT2D eigenvalue weighted by Crippen LogP contribution is 2.00. The average molecular weight is 296 g/mol. The van der Waals surface area contributed by atoms with Gasteiger partial charge in [0.2, 0.25) is 5.91 Å². The summed E-state index contributed by atoms with van der Waals surface area (Å²) in [7, 11) is 0. The van der Waals surface area contributed by atoms with Crippen LogP contribution in [0.25, 0.3) is 0 Å². The third-order valence-corrected chi connectivity index (χ3v) is 2.51. The van der Waals surface area contributed by atoms with Crippen LogP contribution in [0, 0.1) is 4.91 Å². The van der Waals surface area contributed by atoms with E-state index in [2.05, 4.69) is 15.5 Å². The molecule has 0 spiro atoms. The van der Waals surface area contributed by atoms with Gasteiger partial charge in [-0.3, -0.25) is 9.79 Å². The lowest BCUT2D eigenvalue weighted by Crippen LogP contribution is -2.40.